The third-order valence-electron chi connectivity index (χ3n) is 24.0. The molecular weight excluding hydrogens is 1700 g/mol. The van der Waals surface area contributed by atoms with E-state index in [0.29, 0.717) is 120 Å². The number of nitrogens with two attached hydrogens (primary N) is 5. The van der Waals surface area contributed by atoms with E-state index in [1.165, 1.54) is 51.4 Å². The highest BCUT2D eigenvalue weighted by molar-refractivity contribution is 6.42. The molecule has 17 rings (SSSR count). The summed E-state index contributed by atoms with van der Waals surface area (Å²) in [6.45, 7) is 20.5. The Balaban J connectivity index is 0.000000143. The van der Waals surface area contributed by atoms with E-state index in [2.05, 4.69) is 39.6 Å². The predicted octanol–water partition coefficient (Wildman–Crippen LogP) is 24.7. The zero-order chi connectivity index (χ0) is 94.2. The summed E-state index contributed by atoms with van der Waals surface area (Å²) in [4.78, 5) is 119. The van der Waals surface area contributed by atoms with Gasteiger partial charge in [-0.1, -0.05) is 231 Å². The van der Waals surface area contributed by atoms with Crippen LogP contribution in [0.4, 0.5) is 85.3 Å². The van der Waals surface area contributed by atoms with Crippen LogP contribution in [0.25, 0.3) is 0 Å². The van der Waals surface area contributed by atoms with E-state index in [0.717, 1.165) is 74.5 Å². The summed E-state index contributed by atoms with van der Waals surface area (Å²) >= 11 is 13.0. The Morgan fingerprint density at radius 3 is 1.03 bits per heavy atom. The molecule has 132 heavy (non-hydrogen) atoms. The van der Waals surface area contributed by atoms with Gasteiger partial charge in [0.1, 0.15) is 5.75 Å². The normalized spacial score (nSPS) is 12.3. The largest absolute Gasteiger partial charge is 0.491 e. The van der Waals surface area contributed by atoms with Gasteiger partial charge in [0, 0.05) is 79.3 Å². The van der Waals surface area contributed by atoms with Crippen molar-refractivity contribution in [1.82, 2.24) is 0 Å². The lowest BCUT2D eigenvalue weighted by molar-refractivity contribution is 0.0525. The second-order valence-corrected chi connectivity index (χ2v) is 34.4. The van der Waals surface area contributed by atoms with Gasteiger partial charge in [0.05, 0.1) is 130 Å². The number of esters is 1. The van der Waals surface area contributed by atoms with Crippen molar-refractivity contribution in [3.05, 3.63) is 361 Å². The Labute approximate surface area is 777 Å². The van der Waals surface area contributed by atoms with Crippen LogP contribution in [0.5, 0.6) is 5.75 Å². The summed E-state index contributed by atoms with van der Waals surface area (Å²) in [6, 6.07) is 63.0. The molecule has 13 aromatic carbocycles. The zero-order valence-corrected chi connectivity index (χ0v) is 76.8. The Morgan fingerprint density at radius 2 is 0.621 bits per heavy atom. The summed E-state index contributed by atoms with van der Waals surface area (Å²) in [5.74, 6) is -2.26. The van der Waals surface area contributed by atoms with E-state index in [-0.39, 0.29) is 106 Å². The number of carbonyl (C=O) groups is 9. The number of hydrogen-bond acceptors (Lipinski definition) is 21. The minimum Gasteiger partial charge on any atom is -0.491 e. The molecule has 21 nitrogen and oxygen atoms in total. The second-order valence-electron chi connectivity index (χ2n) is 33.6. The standard InChI is InChI=1S/C33H40N2O3.C30H26Cl2N4O2.C24H20N2O4.C22H18N2O2/c1-3-4-5-6-7-8-9-10-11-14-21-38-28-22-27(35-24-19-17-23(2)18-20-24)29-30(31(28)34)33(37)26-16-13-12-15-25(26)32(29)36;1-13-5-7-19(15(3)9-13)35-21-11-17(31)27(33)25-23(21)29(37)26-24(30(25)38)22(12-18(32)28(26)34)36-20-8-6-14(2)10-16(20)4;1-3-30-24(29)14-8-10-15(11-9-14)26-18-12-13(2)21(25)20-19(18)22(27)16-6-4-5-7-17(16)23(20)28;1-12-7-9-17(13(2)11-12)24-18-10-8-16(23)19-20(18)22(26)15-6-4-3-5-14(15)21(19)25/h12-13,15-20,22,35H,3-11,14,21,34H2,1-2H3;5-12,35-36H,33-34H2,1-4H3;4-12,26H,3,25H2,1-2H3;3-11,24H,23H2,1-2H3. The van der Waals surface area contributed by atoms with E-state index in [4.69, 9.17) is 61.3 Å². The van der Waals surface area contributed by atoms with Crippen LogP contribution >= 0.6 is 23.2 Å². The highest BCUT2D eigenvalue weighted by Crippen LogP contribution is 2.49. The summed E-state index contributed by atoms with van der Waals surface area (Å²) in [5.41, 5.74) is 51.4. The van der Waals surface area contributed by atoms with Crippen LogP contribution in [-0.4, -0.2) is 65.4 Å². The number of nitrogen functional groups attached to an aromatic ring is 5. The maximum Gasteiger partial charge on any atom is 0.338 e. The van der Waals surface area contributed by atoms with Crippen LogP contribution in [0.1, 0.15) is 260 Å². The number of unbranched alkanes of at least 4 members (excludes halogenated alkanes) is 9. The molecule has 4 aliphatic carbocycles. The molecule has 0 amide bonds. The molecule has 0 aliphatic heterocycles. The van der Waals surface area contributed by atoms with Crippen molar-refractivity contribution in [2.24, 2.45) is 0 Å². The molecule has 15 N–H and O–H groups in total. The Morgan fingerprint density at radius 1 is 0.295 bits per heavy atom. The van der Waals surface area contributed by atoms with E-state index in [1.54, 1.807) is 147 Å². The van der Waals surface area contributed by atoms with E-state index in [1.807, 2.05) is 121 Å². The molecule has 0 atom stereocenters. The number of anilines is 15. The number of aryl methyl sites for hydroxylation is 8. The van der Waals surface area contributed by atoms with Crippen LogP contribution in [0, 0.1) is 55.4 Å². The number of fused-ring (bicyclic) bond motifs is 8. The molecule has 0 aromatic heterocycles. The monoisotopic (exact) mass is 1800 g/mol. The molecule has 0 saturated carbocycles. The fraction of sp³-hybridized carbons (Fsp3) is 0.202. The number of carbonyl (C=O) groups excluding carboxylic acids is 9. The van der Waals surface area contributed by atoms with Gasteiger partial charge in [-0.25, -0.2) is 4.79 Å². The molecule has 0 heterocycles. The van der Waals surface area contributed by atoms with Gasteiger partial charge in [-0.3, -0.25) is 38.4 Å². The van der Waals surface area contributed by atoms with E-state index < -0.39 is 17.5 Å². The van der Waals surface area contributed by atoms with Gasteiger partial charge in [-0.05, 0) is 176 Å². The average molecular weight is 1800 g/mol. The van der Waals surface area contributed by atoms with Crippen LogP contribution < -0.4 is 60.0 Å². The van der Waals surface area contributed by atoms with Crippen LogP contribution in [-0.2, 0) is 4.74 Å². The molecule has 13 aromatic rings. The second kappa shape index (κ2) is 40.4. The van der Waals surface area contributed by atoms with Crippen molar-refractivity contribution in [3.63, 3.8) is 0 Å². The maximum absolute atomic E-state index is 14.1. The quantitative estimate of drug-likeness (QED) is 0.0153. The molecule has 0 saturated heterocycles. The molecule has 0 unspecified atom stereocenters. The van der Waals surface area contributed by atoms with Crippen molar-refractivity contribution in [1.29, 1.82) is 0 Å². The Bertz CT molecular complexity index is 6740. The number of rotatable bonds is 24. The van der Waals surface area contributed by atoms with Gasteiger partial charge in [0.15, 0.2) is 46.3 Å². The lowest BCUT2D eigenvalue weighted by Crippen LogP contribution is -2.26. The molecule has 0 fully saturated rings. The van der Waals surface area contributed by atoms with Crippen molar-refractivity contribution in [3.8, 4) is 5.75 Å². The van der Waals surface area contributed by atoms with Gasteiger partial charge in [-0.15, -0.1) is 0 Å². The first kappa shape index (κ1) is 93.2. The van der Waals surface area contributed by atoms with Crippen LogP contribution in [0.2, 0.25) is 10.0 Å². The van der Waals surface area contributed by atoms with Gasteiger partial charge >= 0.3 is 5.97 Å². The number of halogens is 2. The first-order valence-corrected chi connectivity index (χ1v) is 44.9. The number of ketones is 8. The topological polar surface area (TPSA) is 362 Å². The summed E-state index contributed by atoms with van der Waals surface area (Å²) in [7, 11) is 0. The predicted molar refractivity (Wildman–Crippen MR) is 531 cm³/mol. The molecule has 670 valence electrons. The van der Waals surface area contributed by atoms with E-state index in [9.17, 15) is 43.2 Å². The minimum absolute atomic E-state index is 0.0304. The maximum atomic E-state index is 14.1. The smallest absolute Gasteiger partial charge is 0.338 e. The third kappa shape index (κ3) is 19.4. The lowest BCUT2D eigenvalue weighted by atomic mass is 9.80. The molecular formula is C109H104Cl2N10O11. The summed E-state index contributed by atoms with van der Waals surface area (Å²) in [5, 5.41) is 16.7. The van der Waals surface area contributed by atoms with Crippen LogP contribution in [0.15, 0.2) is 212 Å². The van der Waals surface area contributed by atoms with Gasteiger partial charge in [0.25, 0.3) is 0 Å². The molecule has 4 aliphatic rings. The lowest BCUT2D eigenvalue weighted by Gasteiger charge is -2.27. The van der Waals surface area contributed by atoms with Crippen LogP contribution in [0.3, 0.4) is 0 Å². The van der Waals surface area contributed by atoms with E-state index >= 15 is 0 Å². The van der Waals surface area contributed by atoms with Gasteiger partial charge in [-0.2, -0.15) is 0 Å². The minimum atomic E-state index is -0.464. The van der Waals surface area contributed by atoms with Gasteiger partial charge < -0.3 is 64.7 Å². The number of hydrogen-bond donors (Lipinski definition) is 10. The Kier molecular flexibility index (Phi) is 28.5. The fourth-order valence-electron chi connectivity index (χ4n) is 17.1. The number of nitrogens with one attached hydrogen (secondary N) is 5. The summed E-state index contributed by atoms with van der Waals surface area (Å²) in [6.07, 6.45) is 12.4. The first-order valence-electron chi connectivity index (χ1n) is 44.1. The highest BCUT2D eigenvalue weighted by atomic mass is 35.5. The molecule has 0 bridgehead atoms. The zero-order valence-electron chi connectivity index (χ0n) is 75.3. The molecule has 0 spiro atoms. The molecule has 23 heteroatoms. The summed E-state index contributed by atoms with van der Waals surface area (Å²) < 4.78 is 11.1. The Hall–Kier alpha value is -14.9. The number of benzene rings is 13. The van der Waals surface area contributed by atoms with Crippen molar-refractivity contribution in [2.75, 3.05) is 68.5 Å². The van der Waals surface area contributed by atoms with Crippen molar-refractivity contribution >= 4 is 161 Å². The van der Waals surface area contributed by atoms with Crippen molar-refractivity contribution < 1.29 is 52.6 Å². The molecule has 0 radical (unpaired) electrons. The fourth-order valence-corrected chi connectivity index (χ4v) is 17.5. The SMILES string of the molecule is CCCCCCCCCCCCOc1cc(Nc2ccc(C)cc2)c2c(c1N)C(=O)c1ccccc1C2=O.CCOC(=O)c1ccc(Nc2cc(C)c(N)c3c2C(=O)c2ccccc2C3=O)cc1.Cc1ccc(Nc2cc(Cl)c(N)c3c2C(=O)c2c(N)c(Cl)cc(Nc4ccc(C)cc4C)c2C3=O)c(C)c1.Cc1ccc(Nc2ccc(N)c3c2C(=O)c2ccccc2C3=O)c(C)c1. The first-order chi connectivity index (χ1) is 63.4. The number of ether oxygens (including phenoxy) is 2. The van der Waals surface area contributed by atoms with Gasteiger partial charge in [0.2, 0.25) is 0 Å². The van der Waals surface area contributed by atoms with Crippen molar-refractivity contribution in [2.45, 2.75) is 133 Å². The average Bonchev–Trinajstić information content (AvgIpc) is 0.732. The third-order valence-corrected chi connectivity index (χ3v) is 24.6. The highest BCUT2D eigenvalue weighted by Gasteiger charge is 2.41.